The summed E-state index contributed by atoms with van der Waals surface area (Å²) in [5.41, 5.74) is 3.74. The topological polar surface area (TPSA) is 45.2 Å². The monoisotopic (exact) mass is 341 g/mol. The van der Waals surface area contributed by atoms with E-state index in [-0.39, 0.29) is 5.91 Å². The predicted octanol–water partition coefficient (Wildman–Crippen LogP) is 3.48. The summed E-state index contributed by atoms with van der Waals surface area (Å²) in [4.78, 5) is 19.3. The standard InChI is InChI=1S/C19H23N3OS/c23-18(11-15-8-7-14-5-1-2-6-17(14)15)20-12-16-13-24-19(21-16)22-9-3-4-10-22/h1-2,5-6,13,15H,3-4,7-12H2,(H,20,23)/t15-/m1/s1. The minimum Gasteiger partial charge on any atom is -0.350 e. The van der Waals surface area contributed by atoms with Crippen LogP contribution >= 0.6 is 11.3 Å². The van der Waals surface area contributed by atoms with Crippen LogP contribution in [0.25, 0.3) is 0 Å². The van der Waals surface area contributed by atoms with Crippen LogP contribution in [-0.2, 0) is 17.8 Å². The maximum atomic E-state index is 12.3. The molecule has 24 heavy (non-hydrogen) atoms. The number of amides is 1. The number of anilines is 1. The molecule has 0 saturated carbocycles. The zero-order chi connectivity index (χ0) is 16.4. The van der Waals surface area contributed by atoms with Gasteiger partial charge in [0.1, 0.15) is 0 Å². The Balaban J connectivity index is 1.29. The van der Waals surface area contributed by atoms with Crippen LogP contribution in [0.2, 0.25) is 0 Å². The highest BCUT2D eigenvalue weighted by Gasteiger charge is 2.24. The molecule has 0 radical (unpaired) electrons. The van der Waals surface area contributed by atoms with E-state index < -0.39 is 0 Å². The Labute approximate surface area is 146 Å². The maximum absolute atomic E-state index is 12.3. The Kier molecular flexibility index (Phi) is 4.52. The van der Waals surface area contributed by atoms with E-state index in [2.05, 4.69) is 44.8 Å². The molecule has 1 saturated heterocycles. The molecule has 0 unspecified atom stereocenters. The quantitative estimate of drug-likeness (QED) is 0.905. The van der Waals surface area contributed by atoms with Crippen molar-refractivity contribution in [1.82, 2.24) is 10.3 Å². The second-order valence-electron chi connectivity index (χ2n) is 6.73. The predicted molar refractivity (Wildman–Crippen MR) is 97.5 cm³/mol. The third kappa shape index (κ3) is 3.31. The number of aromatic nitrogens is 1. The second kappa shape index (κ2) is 6.93. The van der Waals surface area contributed by atoms with E-state index in [1.54, 1.807) is 11.3 Å². The van der Waals surface area contributed by atoms with Crippen molar-refractivity contribution < 1.29 is 4.79 Å². The van der Waals surface area contributed by atoms with Crippen molar-refractivity contribution in [3.63, 3.8) is 0 Å². The molecule has 126 valence electrons. The summed E-state index contributed by atoms with van der Waals surface area (Å²) < 4.78 is 0. The first-order chi connectivity index (χ1) is 11.8. The van der Waals surface area contributed by atoms with Gasteiger partial charge in [0.2, 0.25) is 5.91 Å². The number of rotatable bonds is 5. The average molecular weight is 341 g/mol. The number of carbonyl (C=O) groups excluding carboxylic acids is 1. The largest absolute Gasteiger partial charge is 0.350 e. The number of carbonyl (C=O) groups is 1. The van der Waals surface area contributed by atoms with Crippen LogP contribution in [0.4, 0.5) is 5.13 Å². The molecule has 2 aromatic rings. The number of fused-ring (bicyclic) bond motifs is 1. The molecule has 1 fully saturated rings. The van der Waals surface area contributed by atoms with Gasteiger partial charge in [-0.15, -0.1) is 11.3 Å². The first-order valence-electron chi connectivity index (χ1n) is 8.83. The molecule has 1 N–H and O–H groups in total. The Morgan fingerprint density at radius 2 is 2.12 bits per heavy atom. The van der Waals surface area contributed by atoms with Gasteiger partial charge in [0, 0.05) is 24.9 Å². The number of aryl methyl sites for hydroxylation is 1. The third-order valence-corrected chi connectivity index (χ3v) is 6.02. The van der Waals surface area contributed by atoms with Crippen molar-refractivity contribution in [2.24, 2.45) is 0 Å². The number of nitrogens with one attached hydrogen (secondary N) is 1. The fourth-order valence-electron chi connectivity index (χ4n) is 3.77. The van der Waals surface area contributed by atoms with Gasteiger partial charge >= 0.3 is 0 Å². The Hall–Kier alpha value is -1.88. The molecule has 5 heteroatoms. The Bertz CT molecular complexity index is 721. The second-order valence-corrected chi connectivity index (χ2v) is 7.57. The molecule has 0 spiro atoms. The highest BCUT2D eigenvalue weighted by molar-refractivity contribution is 7.13. The highest BCUT2D eigenvalue weighted by atomic mass is 32.1. The molecule has 1 aromatic carbocycles. The van der Waals surface area contributed by atoms with Crippen LogP contribution in [0.5, 0.6) is 0 Å². The van der Waals surface area contributed by atoms with Gasteiger partial charge in [0.25, 0.3) is 0 Å². The smallest absolute Gasteiger partial charge is 0.220 e. The van der Waals surface area contributed by atoms with E-state index in [1.165, 1.54) is 24.0 Å². The summed E-state index contributed by atoms with van der Waals surface area (Å²) in [6.07, 6.45) is 5.28. The molecule has 4 rings (SSSR count). The van der Waals surface area contributed by atoms with Crippen molar-refractivity contribution in [2.75, 3.05) is 18.0 Å². The molecule has 4 nitrogen and oxygen atoms in total. The molecule has 1 aliphatic heterocycles. The summed E-state index contributed by atoms with van der Waals surface area (Å²) in [6.45, 7) is 2.76. The normalized spacial score (nSPS) is 19.5. The van der Waals surface area contributed by atoms with E-state index in [4.69, 9.17) is 0 Å². The molecule has 1 aliphatic carbocycles. The number of hydrogen-bond donors (Lipinski definition) is 1. The van der Waals surface area contributed by atoms with E-state index >= 15 is 0 Å². The highest BCUT2D eigenvalue weighted by Crippen LogP contribution is 2.35. The molecular formula is C19H23N3OS. The fraction of sp³-hybridized carbons (Fsp3) is 0.474. The van der Waals surface area contributed by atoms with Gasteiger partial charge in [-0.25, -0.2) is 4.98 Å². The zero-order valence-corrected chi connectivity index (χ0v) is 14.6. The van der Waals surface area contributed by atoms with E-state index in [0.717, 1.165) is 36.8 Å². The van der Waals surface area contributed by atoms with E-state index in [1.807, 2.05) is 0 Å². The van der Waals surface area contributed by atoms with Gasteiger partial charge < -0.3 is 10.2 Å². The first-order valence-corrected chi connectivity index (χ1v) is 9.71. The minimum atomic E-state index is 0.132. The van der Waals surface area contributed by atoms with Gasteiger partial charge in [0.05, 0.1) is 12.2 Å². The van der Waals surface area contributed by atoms with Gasteiger partial charge in [-0.3, -0.25) is 4.79 Å². The lowest BCUT2D eigenvalue weighted by Crippen LogP contribution is -2.24. The van der Waals surface area contributed by atoms with E-state index in [0.29, 0.717) is 18.9 Å². The molecular weight excluding hydrogens is 318 g/mol. The maximum Gasteiger partial charge on any atom is 0.220 e. The van der Waals surface area contributed by atoms with Gasteiger partial charge in [-0.05, 0) is 42.7 Å². The van der Waals surface area contributed by atoms with Gasteiger partial charge in [-0.2, -0.15) is 0 Å². The number of benzene rings is 1. The molecule has 2 heterocycles. The lowest BCUT2D eigenvalue weighted by Gasteiger charge is -2.12. The van der Waals surface area contributed by atoms with Crippen LogP contribution in [-0.4, -0.2) is 24.0 Å². The minimum absolute atomic E-state index is 0.132. The molecule has 1 amide bonds. The van der Waals surface area contributed by atoms with Crippen LogP contribution < -0.4 is 10.2 Å². The molecule has 0 bridgehead atoms. The van der Waals surface area contributed by atoms with Crippen LogP contribution in [0.15, 0.2) is 29.6 Å². The van der Waals surface area contributed by atoms with Crippen molar-refractivity contribution in [3.05, 3.63) is 46.5 Å². The van der Waals surface area contributed by atoms with Crippen molar-refractivity contribution in [3.8, 4) is 0 Å². The first kappa shape index (κ1) is 15.6. The van der Waals surface area contributed by atoms with Crippen molar-refractivity contribution in [2.45, 2.75) is 44.6 Å². The summed E-state index contributed by atoms with van der Waals surface area (Å²) in [6, 6.07) is 8.51. The summed E-state index contributed by atoms with van der Waals surface area (Å²) in [7, 11) is 0. The van der Waals surface area contributed by atoms with Gasteiger partial charge in [-0.1, -0.05) is 24.3 Å². The van der Waals surface area contributed by atoms with Crippen LogP contribution in [0.1, 0.15) is 48.4 Å². The number of hydrogen-bond acceptors (Lipinski definition) is 4. The van der Waals surface area contributed by atoms with Crippen molar-refractivity contribution >= 4 is 22.4 Å². The lowest BCUT2D eigenvalue weighted by molar-refractivity contribution is -0.121. The lowest BCUT2D eigenvalue weighted by atomic mass is 9.97. The molecule has 1 aromatic heterocycles. The Morgan fingerprint density at radius 3 is 3.00 bits per heavy atom. The summed E-state index contributed by atoms with van der Waals surface area (Å²) in [5, 5.41) is 6.21. The molecule has 1 atom stereocenters. The van der Waals surface area contributed by atoms with Crippen molar-refractivity contribution in [1.29, 1.82) is 0 Å². The Morgan fingerprint density at radius 1 is 1.29 bits per heavy atom. The van der Waals surface area contributed by atoms with Crippen LogP contribution in [0, 0.1) is 0 Å². The number of thiazole rings is 1. The average Bonchev–Trinajstić information content (AvgIpc) is 3.34. The third-order valence-electron chi connectivity index (χ3n) is 5.07. The number of nitrogens with zero attached hydrogens (tertiary/aromatic N) is 2. The fourth-order valence-corrected chi connectivity index (χ4v) is 4.65. The summed E-state index contributed by atoms with van der Waals surface area (Å²) in [5.74, 6) is 0.504. The zero-order valence-electron chi connectivity index (χ0n) is 13.8. The van der Waals surface area contributed by atoms with Gasteiger partial charge in [0.15, 0.2) is 5.13 Å². The van der Waals surface area contributed by atoms with E-state index in [9.17, 15) is 4.79 Å². The SMILES string of the molecule is O=C(C[C@H]1CCc2ccccc21)NCc1csc(N2CCCC2)n1. The van der Waals surface area contributed by atoms with Crippen LogP contribution in [0.3, 0.4) is 0 Å². The molecule has 2 aliphatic rings. The summed E-state index contributed by atoms with van der Waals surface area (Å²) >= 11 is 1.69.